The fourth-order valence-electron chi connectivity index (χ4n) is 6.01. The molecular weight excluding hydrogens is 633 g/mol. The van der Waals surface area contributed by atoms with Crippen molar-refractivity contribution in [3.05, 3.63) is 70.7 Å². The predicted octanol–water partition coefficient (Wildman–Crippen LogP) is 1.02. The molecule has 45 heavy (non-hydrogen) atoms. The van der Waals surface area contributed by atoms with Gasteiger partial charge in [-0.2, -0.15) is 8.42 Å². The van der Waals surface area contributed by atoms with Gasteiger partial charge in [-0.3, -0.25) is 14.1 Å². The van der Waals surface area contributed by atoms with Gasteiger partial charge in [-0.05, 0) is 42.0 Å². The zero-order valence-corrected chi connectivity index (χ0v) is 28.9. The van der Waals surface area contributed by atoms with E-state index >= 15 is 0 Å². The number of carbonyl (C=O) groups excluding carboxylic acids is 3. The van der Waals surface area contributed by atoms with E-state index in [0.717, 1.165) is 43.2 Å². The van der Waals surface area contributed by atoms with E-state index in [1.807, 2.05) is 42.5 Å². The zero-order chi connectivity index (χ0) is 31.7. The van der Waals surface area contributed by atoms with Crippen LogP contribution in [0.3, 0.4) is 0 Å². The summed E-state index contributed by atoms with van der Waals surface area (Å²) in [5.74, 6) is -1.70. The average molecular weight is 674 g/mol. The van der Waals surface area contributed by atoms with Gasteiger partial charge in [-0.1, -0.05) is 86.2 Å². The van der Waals surface area contributed by atoms with E-state index < -0.39 is 64.0 Å². The Balaban J connectivity index is 0.00000368. The van der Waals surface area contributed by atoms with Crippen molar-refractivity contribution in [2.24, 2.45) is 11.8 Å². The number of hydrogen-bond donors (Lipinski definition) is 5. The van der Waals surface area contributed by atoms with Gasteiger partial charge in [-0.25, -0.2) is 4.79 Å². The van der Waals surface area contributed by atoms with Crippen LogP contribution in [-0.2, 0) is 30.9 Å². The second kappa shape index (κ2) is 17.7. The van der Waals surface area contributed by atoms with Crippen LogP contribution in [0, 0.1) is 11.8 Å². The largest absolute Gasteiger partial charge is 1.00 e. The third-order valence-electron chi connectivity index (χ3n) is 8.34. The Hall–Kier alpha value is -2.19. The maximum atomic E-state index is 13.7. The van der Waals surface area contributed by atoms with Crippen LogP contribution in [0.5, 0.6) is 0 Å². The van der Waals surface area contributed by atoms with Crippen LogP contribution in [0.25, 0.3) is 0 Å². The van der Waals surface area contributed by atoms with Crippen molar-refractivity contribution in [3.8, 4) is 0 Å². The van der Waals surface area contributed by atoms with Crippen LogP contribution in [0.2, 0.25) is 5.02 Å². The first-order valence-electron chi connectivity index (χ1n) is 15.0. The number of aliphatic hydroxyl groups excluding tert-OH is 1. The molecule has 2 fully saturated rings. The summed E-state index contributed by atoms with van der Waals surface area (Å²) < 4.78 is 38.4. The number of carbonyl (C=O) groups is 3. The molecule has 0 spiro atoms. The van der Waals surface area contributed by atoms with Gasteiger partial charge in [-0.15, -0.1) is 0 Å². The van der Waals surface area contributed by atoms with Crippen LogP contribution in [0.15, 0.2) is 54.6 Å². The first-order chi connectivity index (χ1) is 21.0. The third kappa shape index (κ3) is 11.5. The minimum Gasteiger partial charge on any atom is -1.00 e. The molecule has 1 heterocycles. The molecule has 1 saturated carbocycles. The molecule has 3 unspecified atom stereocenters. The van der Waals surface area contributed by atoms with Crippen molar-refractivity contribution in [2.75, 3.05) is 6.54 Å². The van der Waals surface area contributed by atoms with E-state index in [1.165, 1.54) is 0 Å². The number of halogens is 1. The maximum Gasteiger partial charge on any atom is 1.00 e. The second-order valence-corrected chi connectivity index (χ2v) is 13.6. The second-order valence-electron chi connectivity index (χ2n) is 11.6. The Kier molecular flexibility index (Phi) is 14.6. The van der Waals surface area contributed by atoms with Crippen molar-refractivity contribution in [3.63, 3.8) is 0 Å². The predicted molar refractivity (Wildman–Crippen MR) is 165 cm³/mol. The first-order valence-corrected chi connectivity index (χ1v) is 16.9. The fourth-order valence-corrected chi connectivity index (χ4v) is 6.67. The molecule has 1 aliphatic carbocycles. The quantitative estimate of drug-likeness (QED) is 0.155. The van der Waals surface area contributed by atoms with Crippen molar-refractivity contribution in [1.29, 1.82) is 0 Å². The summed E-state index contributed by atoms with van der Waals surface area (Å²) in [4.78, 5) is 39.6. The first kappa shape index (κ1) is 37.3. The number of alkyl carbamates (subject to hydrolysis) is 1. The monoisotopic (exact) mass is 673 g/mol. The molecule has 11 nitrogen and oxygen atoms in total. The molecule has 3 amide bonds. The van der Waals surface area contributed by atoms with Crippen molar-refractivity contribution < 1.29 is 68.2 Å². The Morgan fingerprint density at radius 1 is 1.04 bits per heavy atom. The molecule has 2 aromatic rings. The number of benzene rings is 2. The zero-order valence-electron chi connectivity index (χ0n) is 26.4. The van der Waals surface area contributed by atoms with Crippen molar-refractivity contribution in [1.82, 2.24) is 16.0 Å². The average Bonchev–Trinajstić information content (AvgIpc) is 3.42. The number of rotatable bonds is 13. The third-order valence-corrected chi connectivity index (χ3v) is 9.45. The SMILES string of the molecule is O=C(N[C@@H](CC1CCCCC1)C(=O)NC(CC(O)S(=O)(=O)O)[C@@H]1CCNC1=O)OC(Cc1cccc(Cl)c1)c1ccccc1.[H-].[Na+]. The molecule has 0 radical (unpaired) electrons. The van der Waals surface area contributed by atoms with E-state index in [0.29, 0.717) is 30.8 Å². The Labute approximate surface area is 292 Å². The molecule has 5 N–H and O–H groups in total. The maximum absolute atomic E-state index is 13.7. The molecule has 5 atom stereocenters. The van der Waals surface area contributed by atoms with Gasteiger partial charge in [0, 0.05) is 30.5 Å². The Morgan fingerprint density at radius 3 is 2.38 bits per heavy atom. The molecule has 2 aromatic carbocycles. The van der Waals surface area contributed by atoms with E-state index in [2.05, 4.69) is 16.0 Å². The molecule has 2 aliphatic rings. The van der Waals surface area contributed by atoms with Crippen molar-refractivity contribution in [2.45, 2.75) is 81.4 Å². The number of nitrogens with one attached hydrogen (secondary N) is 3. The number of hydrogen-bond acceptors (Lipinski definition) is 7. The smallest absolute Gasteiger partial charge is 1.00 e. The number of ether oxygens (including phenoxy) is 1. The number of amides is 3. The summed E-state index contributed by atoms with van der Waals surface area (Å²) in [6, 6.07) is 14.3. The molecule has 4 rings (SSSR count). The van der Waals surface area contributed by atoms with Gasteiger partial charge in [0.05, 0.1) is 5.92 Å². The molecule has 0 bridgehead atoms. The van der Waals surface area contributed by atoms with Gasteiger partial charge in [0.25, 0.3) is 10.1 Å². The number of aliphatic hydroxyl groups is 1. The Morgan fingerprint density at radius 2 is 1.76 bits per heavy atom. The van der Waals surface area contributed by atoms with E-state index in [-0.39, 0.29) is 36.9 Å². The van der Waals surface area contributed by atoms with Gasteiger partial charge in [0.15, 0.2) is 5.44 Å². The summed E-state index contributed by atoms with van der Waals surface area (Å²) in [6.45, 7) is 0.321. The summed E-state index contributed by atoms with van der Waals surface area (Å²) in [5.41, 5.74) is -0.595. The van der Waals surface area contributed by atoms with Gasteiger partial charge < -0.3 is 27.2 Å². The Bertz CT molecular complexity index is 1400. The van der Waals surface area contributed by atoms with Crippen LogP contribution >= 0.6 is 11.6 Å². The molecule has 0 aromatic heterocycles. The minimum atomic E-state index is -4.84. The topological polar surface area (TPSA) is 171 Å². The molecular formula is C31H41ClN3NaO8S. The van der Waals surface area contributed by atoms with Crippen LogP contribution < -0.4 is 45.5 Å². The summed E-state index contributed by atoms with van der Waals surface area (Å²) in [5, 5.41) is 18.7. The standard InChI is InChI=1S/C31H40ClN3O8S.Na.H/c32-23-13-7-10-21(16-23)18-27(22-11-5-2-6-12-22)43-31(39)35-26(17-20-8-3-1-4-9-20)30(38)34-25(19-28(36)44(40,41)42)24-14-15-33-29(24)37;;/h2,5-7,10-13,16,20,24-28,36H,1,3-4,8-9,14-15,17-19H2,(H,33,37)(H,34,38)(H,35,39)(H,40,41,42);;/q;+1;-1/t24-,25?,26-,27?,28?;;/m0../s1. The summed E-state index contributed by atoms with van der Waals surface area (Å²) >= 11 is 6.18. The summed E-state index contributed by atoms with van der Waals surface area (Å²) in [6.07, 6.45) is 3.73. The fraction of sp³-hybridized carbons (Fsp3) is 0.516. The summed E-state index contributed by atoms with van der Waals surface area (Å²) in [7, 11) is -4.84. The van der Waals surface area contributed by atoms with Gasteiger partial charge >= 0.3 is 35.7 Å². The normalized spacial score (nSPS) is 19.7. The van der Waals surface area contributed by atoms with Gasteiger partial charge in [0.1, 0.15) is 12.1 Å². The van der Waals surface area contributed by atoms with Crippen molar-refractivity contribution >= 4 is 39.6 Å². The van der Waals surface area contributed by atoms with Crippen LogP contribution in [0.1, 0.15) is 70.0 Å². The van der Waals surface area contributed by atoms with Crippen LogP contribution in [-0.4, -0.2) is 60.0 Å². The minimum absolute atomic E-state index is 0. The van der Waals surface area contributed by atoms with Crippen LogP contribution in [0.4, 0.5) is 4.79 Å². The van der Waals surface area contributed by atoms with E-state index in [1.54, 1.807) is 12.1 Å². The molecule has 242 valence electrons. The van der Waals surface area contributed by atoms with E-state index in [9.17, 15) is 32.5 Å². The molecule has 14 heteroatoms. The molecule has 1 aliphatic heterocycles. The van der Waals surface area contributed by atoms with E-state index in [4.69, 9.17) is 16.3 Å². The molecule has 1 saturated heterocycles. The van der Waals surface area contributed by atoms with Gasteiger partial charge in [0.2, 0.25) is 11.8 Å².